The minimum absolute atomic E-state index is 0.00671. The summed E-state index contributed by atoms with van der Waals surface area (Å²) in [5, 5.41) is 0. The van der Waals surface area contributed by atoms with E-state index in [0.29, 0.717) is 5.41 Å². The Balaban J connectivity index is 1.11. The zero-order valence-electron chi connectivity index (χ0n) is 43.0. The summed E-state index contributed by atoms with van der Waals surface area (Å²) in [5.74, 6) is 0.491. The van der Waals surface area contributed by atoms with Gasteiger partial charge in [0.25, 0.3) is 0 Å². The van der Waals surface area contributed by atoms with Crippen LogP contribution in [0, 0.1) is 23.2 Å². The van der Waals surface area contributed by atoms with Gasteiger partial charge in [-0.05, 0) is 174 Å². The standard InChI is InChI=1S/C67H70BN/c1-39-27-54-59(41-17-18-43-35-64(5,6)36-44(43)29-41)53-31-45-37-65(7,8)38-46(45)32-58(53)68-57-24-19-42(61-50-23-21-48(69)34-56(50)66(9)25-14-26-67(61,66)10)30-52(57)60(55(28-39)62(54)68)49-22-20-47(63(2,3)4)33-51(49)40-15-12-11-13-16-40/h11-13,15-24,27-34,59-61H,14,25-26,35-38,69H2,1-10H3. The highest BCUT2D eigenvalue weighted by molar-refractivity contribution is 6.97. The second-order valence-corrected chi connectivity index (χ2v) is 26.2. The van der Waals surface area contributed by atoms with Crippen molar-refractivity contribution in [2.24, 2.45) is 16.2 Å². The van der Waals surface area contributed by atoms with Gasteiger partial charge in [0.15, 0.2) is 0 Å². The molecule has 0 aromatic heterocycles. The Hall–Kier alpha value is -5.60. The molecule has 2 heterocycles. The first-order valence-electron chi connectivity index (χ1n) is 26.5. The Kier molecular flexibility index (Phi) is 9.12. The molecule has 4 aliphatic carbocycles. The number of anilines is 1. The average Bonchev–Trinajstić information content (AvgIpc) is 3.95. The third-order valence-electron chi connectivity index (χ3n) is 19.2. The van der Waals surface area contributed by atoms with E-state index in [4.69, 9.17) is 5.73 Å². The van der Waals surface area contributed by atoms with Crippen LogP contribution in [0.3, 0.4) is 0 Å². The fraction of sp³-hybridized carbons (Fsp3) is 0.373. The van der Waals surface area contributed by atoms with Gasteiger partial charge in [-0.25, -0.2) is 0 Å². The van der Waals surface area contributed by atoms with Crippen molar-refractivity contribution >= 4 is 28.8 Å². The number of rotatable bonds is 4. The van der Waals surface area contributed by atoms with Gasteiger partial charge in [-0.15, -0.1) is 0 Å². The van der Waals surface area contributed by atoms with Gasteiger partial charge in [-0.3, -0.25) is 0 Å². The van der Waals surface area contributed by atoms with Gasteiger partial charge in [0.05, 0.1) is 0 Å². The highest BCUT2D eigenvalue weighted by atomic mass is 14.6. The maximum Gasteiger partial charge on any atom is 0.242 e. The summed E-state index contributed by atoms with van der Waals surface area (Å²) in [6.45, 7) is 24.6. The van der Waals surface area contributed by atoms with E-state index in [1.165, 1.54) is 108 Å². The van der Waals surface area contributed by atoms with Crippen molar-refractivity contribution in [3.63, 3.8) is 0 Å². The van der Waals surface area contributed by atoms with E-state index in [1.807, 2.05) is 0 Å². The summed E-state index contributed by atoms with van der Waals surface area (Å²) in [7, 11) is 0. The first kappa shape index (κ1) is 43.4. The number of aryl methyl sites for hydroxylation is 1. The molecule has 5 unspecified atom stereocenters. The predicted molar refractivity (Wildman–Crippen MR) is 292 cm³/mol. The Morgan fingerprint density at radius 3 is 1.93 bits per heavy atom. The van der Waals surface area contributed by atoms with E-state index in [9.17, 15) is 0 Å². The van der Waals surface area contributed by atoms with Gasteiger partial charge in [-0.2, -0.15) is 0 Å². The number of benzene rings is 7. The summed E-state index contributed by atoms with van der Waals surface area (Å²) in [4.78, 5) is 0. The molecule has 0 radical (unpaired) electrons. The molecular weight excluding hydrogens is 830 g/mol. The highest BCUT2D eigenvalue weighted by Gasteiger charge is 2.60. The first-order chi connectivity index (χ1) is 32.8. The minimum atomic E-state index is 0.00671. The van der Waals surface area contributed by atoms with Gasteiger partial charge in [0.1, 0.15) is 0 Å². The van der Waals surface area contributed by atoms with Crippen molar-refractivity contribution in [1.82, 2.24) is 0 Å². The summed E-state index contributed by atoms with van der Waals surface area (Å²) >= 11 is 0. The summed E-state index contributed by atoms with van der Waals surface area (Å²) in [6, 6.07) is 52.0. The van der Waals surface area contributed by atoms with Crippen LogP contribution in [-0.2, 0) is 36.5 Å². The third-order valence-corrected chi connectivity index (χ3v) is 19.2. The fourth-order valence-corrected chi connectivity index (χ4v) is 16.0. The van der Waals surface area contributed by atoms with Crippen molar-refractivity contribution in [1.29, 1.82) is 0 Å². The molecule has 13 rings (SSSR count). The van der Waals surface area contributed by atoms with Crippen LogP contribution in [0.1, 0.15) is 183 Å². The lowest BCUT2D eigenvalue weighted by molar-refractivity contribution is 0.198. The SMILES string of the molecule is Cc1cc2c3c(c1)C(c1ccc(C(C)(C)C)cc1-c1ccccc1)c1cc(C4c5ccc(N)cc5C5(C)CCCC45C)ccc1B3c1cc3c(cc1C2c1ccc2c(c1)CC(C)(C)C2)CC(C)(C)C3. The van der Waals surface area contributed by atoms with E-state index in [-0.39, 0.29) is 46.1 Å². The Morgan fingerprint density at radius 2 is 1.19 bits per heavy atom. The summed E-state index contributed by atoms with van der Waals surface area (Å²) in [5.41, 5.74) is 37.7. The molecule has 7 aromatic carbocycles. The third kappa shape index (κ3) is 6.35. The van der Waals surface area contributed by atoms with E-state index in [2.05, 4.69) is 197 Å². The quantitative estimate of drug-likeness (QED) is 0.138. The lowest BCUT2D eigenvalue weighted by Gasteiger charge is -2.43. The monoisotopic (exact) mass is 900 g/mol. The number of hydrogen-bond donors (Lipinski definition) is 1. The smallest absolute Gasteiger partial charge is 0.242 e. The number of fused-ring (bicyclic) bond motifs is 9. The molecule has 6 aliphatic rings. The van der Waals surface area contributed by atoms with Crippen LogP contribution >= 0.6 is 0 Å². The lowest BCUT2D eigenvalue weighted by Crippen LogP contribution is -2.62. The largest absolute Gasteiger partial charge is 0.399 e. The minimum Gasteiger partial charge on any atom is -0.399 e. The predicted octanol–water partition coefficient (Wildman–Crippen LogP) is 13.9. The zero-order chi connectivity index (χ0) is 47.7. The molecule has 0 spiro atoms. The van der Waals surface area contributed by atoms with Crippen LogP contribution in [0.5, 0.6) is 0 Å². The van der Waals surface area contributed by atoms with Crippen molar-refractivity contribution in [2.75, 3.05) is 5.73 Å². The maximum atomic E-state index is 6.65. The molecule has 0 bridgehead atoms. The van der Waals surface area contributed by atoms with Gasteiger partial charge in [0, 0.05) is 23.4 Å². The van der Waals surface area contributed by atoms with Crippen molar-refractivity contribution in [3.05, 3.63) is 211 Å². The average molecular weight is 900 g/mol. The van der Waals surface area contributed by atoms with Gasteiger partial charge < -0.3 is 5.73 Å². The summed E-state index contributed by atoms with van der Waals surface area (Å²) in [6.07, 6.45) is 8.26. The number of hydrogen-bond acceptors (Lipinski definition) is 1. The molecule has 346 valence electrons. The Labute approximate surface area is 413 Å². The van der Waals surface area contributed by atoms with Crippen LogP contribution in [0.4, 0.5) is 5.69 Å². The van der Waals surface area contributed by atoms with Crippen molar-refractivity contribution in [2.45, 2.75) is 143 Å². The van der Waals surface area contributed by atoms with Crippen LogP contribution in [-0.4, -0.2) is 6.71 Å². The van der Waals surface area contributed by atoms with E-state index in [0.717, 1.165) is 31.4 Å². The molecule has 7 aromatic rings. The highest BCUT2D eigenvalue weighted by Crippen LogP contribution is 2.68. The molecule has 0 amide bonds. The van der Waals surface area contributed by atoms with Gasteiger partial charge in [0.2, 0.25) is 6.71 Å². The van der Waals surface area contributed by atoms with E-state index in [1.54, 1.807) is 22.2 Å². The molecule has 69 heavy (non-hydrogen) atoms. The molecule has 5 atom stereocenters. The molecule has 1 saturated carbocycles. The van der Waals surface area contributed by atoms with Crippen LogP contribution in [0.25, 0.3) is 11.1 Å². The number of nitrogens with two attached hydrogens (primary N) is 1. The fourth-order valence-electron chi connectivity index (χ4n) is 16.0. The maximum absolute atomic E-state index is 6.65. The van der Waals surface area contributed by atoms with Crippen LogP contribution in [0.15, 0.2) is 127 Å². The first-order valence-corrected chi connectivity index (χ1v) is 26.5. The molecule has 1 nitrogen and oxygen atoms in total. The normalized spacial score (nSPS) is 25.1. The van der Waals surface area contributed by atoms with Crippen molar-refractivity contribution < 1.29 is 0 Å². The molecule has 2 heteroatoms. The molecule has 2 aliphatic heterocycles. The zero-order valence-corrected chi connectivity index (χ0v) is 43.0. The van der Waals surface area contributed by atoms with Crippen LogP contribution in [0.2, 0.25) is 0 Å². The van der Waals surface area contributed by atoms with Crippen LogP contribution < -0.4 is 22.1 Å². The lowest BCUT2D eigenvalue weighted by atomic mass is 9.28. The number of nitrogen functional groups attached to an aromatic ring is 1. The van der Waals surface area contributed by atoms with Gasteiger partial charge >= 0.3 is 0 Å². The summed E-state index contributed by atoms with van der Waals surface area (Å²) < 4.78 is 0. The molecule has 2 N–H and O–H groups in total. The molecule has 1 fully saturated rings. The Morgan fingerprint density at radius 1 is 0.536 bits per heavy atom. The van der Waals surface area contributed by atoms with Crippen molar-refractivity contribution in [3.8, 4) is 11.1 Å². The molecule has 0 saturated heterocycles. The van der Waals surface area contributed by atoms with Gasteiger partial charge in [-0.1, -0.05) is 206 Å². The second kappa shape index (κ2) is 14.5. The second-order valence-electron chi connectivity index (χ2n) is 26.2. The Bertz CT molecular complexity index is 3320. The van der Waals surface area contributed by atoms with E-state index >= 15 is 0 Å². The molecular formula is C67H70BN. The van der Waals surface area contributed by atoms with E-state index < -0.39 is 0 Å². The topological polar surface area (TPSA) is 26.0 Å².